The summed E-state index contributed by atoms with van der Waals surface area (Å²) in [6.45, 7) is 14.3. The Kier molecular flexibility index (Phi) is 10.3. The maximum absolute atomic E-state index is 11.8. The van der Waals surface area contributed by atoms with Crippen molar-refractivity contribution in [2.75, 3.05) is 39.6 Å². The third-order valence-electron chi connectivity index (χ3n) is 14.9. The quantitative estimate of drug-likeness (QED) is 0.211. The van der Waals surface area contributed by atoms with Gasteiger partial charge in [0.2, 0.25) is 0 Å². The fourth-order valence-corrected chi connectivity index (χ4v) is 10.7. The molecule has 0 radical (unpaired) electrons. The molecule has 3 saturated heterocycles. The van der Waals surface area contributed by atoms with E-state index in [2.05, 4.69) is 27.7 Å². The molecule has 4 aliphatic carbocycles. The van der Waals surface area contributed by atoms with Crippen LogP contribution in [0.3, 0.4) is 0 Å². The lowest BCUT2D eigenvalue weighted by Gasteiger charge is -2.60. The summed E-state index contributed by atoms with van der Waals surface area (Å²) in [6.07, 6.45) is 20.7. The molecular formula is C39H66O7. The van der Waals surface area contributed by atoms with E-state index in [4.69, 9.17) is 28.4 Å². The van der Waals surface area contributed by atoms with Gasteiger partial charge in [-0.1, -0.05) is 27.7 Å². The molecule has 7 aliphatic rings. The first-order valence-corrected chi connectivity index (χ1v) is 19.5. The molecule has 7 heteroatoms. The third-order valence-corrected chi connectivity index (χ3v) is 14.9. The molecule has 4 saturated carbocycles. The van der Waals surface area contributed by atoms with E-state index < -0.39 is 11.2 Å². The van der Waals surface area contributed by atoms with Crippen molar-refractivity contribution >= 4 is 0 Å². The molecular weight excluding hydrogens is 580 g/mol. The van der Waals surface area contributed by atoms with Gasteiger partial charge in [0.25, 0.3) is 0 Å². The van der Waals surface area contributed by atoms with Gasteiger partial charge in [0.15, 0.2) is 0 Å². The number of hydrogen-bond acceptors (Lipinski definition) is 7. The van der Waals surface area contributed by atoms with Crippen molar-refractivity contribution in [2.24, 2.45) is 34.5 Å². The molecule has 1 N–H and O–H groups in total. The third kappa shape index (κ3) is 7.42. The Labute approximate surface area is 279 Å². The lowest BCUT2D eigenvalue weighted by molar-refractivity contribution is -0.335. The number of hydrogen-bond donors (Lipinski definition) is 1. The van der Waals surface area contributed by atoms with Crippen molar-refractivity contribution in [1.82, 2.24) is 0 Å². The molecule has 0 aromatic carbocycles. The van der Waals surface area contributed by atoms with Crippen LogP contribution in [0.15, 0.2) is 0 Å². The molecule has 3 heterocycles. The van der Waals surface area contributed by atoms with Gasteiger partial charge in [-0.2, -0.15) is 0 Å². The van der Waals surface area contributed by atoms with Crippen molar-refractivity contribution in [1.29, 1.82) is 0 Å². The van der Waals surface area contributed by atoms with Crippen LogP contribution in [-0.2, 0) is 28.4 Å². The van der Waals surface area contributed by atoms with E-state index in [-0.39, 0.29) is 6.10 Å². The summed E-state index contributed by atoms with van der Waals surface area (Å²) in [5, 5.41) is 11.8. The fourth-order valence-electron chi connectivity index (χ4n) is 10.7. The summed E-state index contributed by atoms with van der Waals surface area (Å²) < 4.78 is 35.7. The highest BCUT2D eigenvalue weighted by atomic mass is 16.6. The molecule has 0 aromatic heterocycles. The van der Waals surface area contributed by atoms with Crippen LogP contribution in [0.1, 0.15) is 130 Å². The first-order chi connectivity index (χ1) is 22.1. The number of aliphatic hydroxyl groups is 1. The Balaban J connectivity index is 0.821. The molecule has 264 valence electrons. The Hall–Kier alpha value is -0.280. The van der Waals surface area contributed by atoms with Crippen molar-refractivity contribution in [2.45, 2.75) is 172 Å². The minimum atomic E-state index is -0.828. The zero-order valence-corrected chi connectivity index (χ0v) is 29.6. The summed E-state index contributed by atoms with van der Waals surface area (Å²) in [4.78, 5) is 0. The van der Waals surface area contributed by atoms with Gasteiger partial charge in [0, 0.05) is 0 Å². The molecule has 1 spiro atoms. The van der Waals surface area contributed by atoms with E-state index in [1.807, 2.05) is 0 Å². The smallest absolute Gasteiger partial charge is 0.140 e. The molecule has 7 rings (SSSR count). The lowest BCUT2D eigenvalue weighted by Crippen LogP contribution is -2.72. The highest BCUT2D eigenvalue weighted by Crippen LogP contribution is 2.55. The summed E-state index contributed by atoms with van der Waals surface area (Å²) in [5.41, 5.74) is -0.547. The zero-order chi connectivity index (χ0) is 32.0. The molecule has 3 unspecified atom stereocenters. The highest BCUT2D eigenvalue weighted by molar-refractivity contribution is 5.11. The van der Waals surface area contributed by atoms with Crippen LogP contribution in [0, 0.1) is 34.5 Å². The van der Waals surface area contributed by atoms with Gasteiger partial charge in [0.1, 0.15) is 23.4 Å². The van der Waals surface area contributed by atoms with Crippen molar-refractivity contribution in [3.63, 3.8) is 0 Å². The van der Waals surface area contributed by atoms with Gasteiger partial charge in [-0.05, 0) is 137 Å². The predicted octanol–water partition coefficient (Wildman–Crippen LogP) is 7.25. The van der Waals surface area contributed by atoms with E-state index in [0.29, 0.717) is 54.4 Å². The number of ether oxygens (including phenoxy) is 6. The maximum Gasteiger partial charge on any atom is 0.140 e. The molecule has 0 bridgehead atoms. The van der Waals surface area contributed by atoms with Gasteiger partial charge in [-0.3, -0.25) is 0 Å². The largest absolute Gasteiger partial charge is 0.382 e. The van der Waals surface area contributed by atoms with Crippen LogP contribution in [-0.4, -0.2) is 86.5 Å². The molecule has 46 heavy (non-hydrogen) atoms. The van der Waals surface area contributed by atoms with E-state index in [9.17, 15) is 5.11 Å². The minimum Gasteiger partial charge on any atom is -0.382 e. The van der Waals surface area contributed by atoms with Gasteiger partial charge in [-0.25, -0.2) is 0 Å². The Morgan fingerprint density at radius 1 is 0.565 bits per heavy atom. The van der Waals surface area contributed by atoms with Gasteiger partial charge in [0.05, 0.1) is 58.0 Å². The molecule has 7 fully saturated rings. The molecule has 3 atom stereocenters. The van der Waals surface area contributed by atoms with Gasteiger partial charge in [-0.15, -0.1) is 0 Å². The second-order valence-corrected chi connectivity index (χ2v) is 18.0. The average Bonchev–Trinajstić information content (AvgIpc) is 4.02. The highest BCUT2D eigenvalue weighted by Gasteiger charge is 2.62. The summed E-state index contributed by atoms with van der Waals surface area (Å²) >= 11 is 0. The molecule has 3 aliphatic heterocycles. The van der Waals surface area contributed by atoms with E-state index in [0.717, 1.165) is 82.7 Å². The van der Waals surface area contributed by atoms with Crippen LogP contribution < -0.4 is 0 Å². The van der Waals surface area contributed by atoms with Crippen LogP contribution in [0.25, 0.3) is 0 Å². The van der Waals surface area contributed by atoms with Crippen LogP contribution >= 0.6 is 0 Å². The molecule has 7 nitrogen and oxygen atoms in total. The minimum absolute atomic E-state index is 0.272. The predicted molar refractivity (Wildman–Crippen MR) is 178 cm³/mol. The topological polar surface area (TPSA) is 82.2 Å². The SMILES string of the molecule is CC(C)(C1CCC(OCC2CO2)CC1)C1CCC(OCC2(O)COC23CCC(C(C)(C)C2CCC(OCC4CO4)CC2)CC3)CC1. The van der Waals surface area contributed by atoms with Crippen molar-refractivity contribution < 1.29 is 33.5 Å². The monoisotopic (exact) mass is 646 g/mol. The van der Waals surface area contributed by atoms with Crippen molar-refractivity contribution in [3.05, 3.63) is 0 Å². The zero-order valence-electron chi connectivity index (χ0n) is 29.6. The normalized spacial score (nSPS) is 44.9. The first-order valence-electron chi connectivity index (χ1n) is 19.5. The van der Waals surface area contributed by atoms with E-state index in [1.54, 1.807) is 0 Å². The molecule has 0 aromatic rings. The van der Waals surface area contributed by atoms with Crippen LogP contribution in [0.2, 0.25) is 0 Å². The van der Waals surface area contributed by atoms with Crippen molar-refractivity contribution in [3.8, 4) is 0 Å². The van der Waals surface area contributed by atoms with Gasteiger partial charge >= 0.3 is 0 Å². The Morgan fingerprint density at radius 3 is 1.28 bits per heavy atom. The summed E-state index contributed by atoms with van der Waals surface area (Å²) in [7, 11) is 0. The Bertz CT molecular complexity index is 974. The standard InChI is InChI=1S/C39H66O7/c1-36(2,27-5-11-31(12-6-27)41-21-34-23-43-34)28-9-15-33(16-10-28)45-25-38(40)26-46-39(38)19-17-30(18-20-39)37(3,4)29-7-13-32(14-8-29)42-22-35-24-44-35/h27-35,40H,5-26H2,1-4H3. The second-order valence-electron chi connectivity index (χ2n) is 18.0. The first kappa shape index (κ1) is 34.2. The maximum atomic E-state index is 11.8. The van der Waals surface area contributed by atoms with Crippen LogP contribution in [0.5, 0.6) is 0 Å². The fraction of sp³-hybridized carbons (Fsp3) is 1.00. The molecule has 0 amide bonds. The number of epoxide rings is 2. The second kappa shape index (κ2) is 13.8. The van der Waals surface area contributed by atoms with E-state index in [1.165, 1.54) is 64.2 Å². The Morgan fingerprint density at radius 2 is 0.935 bits per heavy atom. The average molecular weight is 647 g/mol. The summed E-state index contributed by atoms with van der Waals surface area (Å²) in [5.74, 6) is 2.99. The summed E-state index contributed by atoms with van der Waals surface area (Å²) in [6, 6.07) is 0. The van der Waals surface area contributed by atoms with Crippen LogP contribution in [0.4, 0.5) is 0 Å². The van der Waals surface area contributed by atoms with E-state index >= 15 is 0 Å². The lowest BCUT2D eigenvalue weighted by atomic mass is 9.57. The number of rotatable bonds is 13. The van der Waals surface area contributed by atoms with Gasteiger partial charge < -0.3 is 33.5 Å².